The SMILES string of the molecule is CCCCC(C)(C)c1cc2sc3c(c2cc1CC)N(c1ccc(C(C)(C)C)cc1)c1cc(C)cc2c1B3c1ccc(N(c3ccc(C(C)(C)C)cc3)c3ccc(C(C)(C)C)cc3)cc1N2c1ccc(C(C)(C)C)cc1. The van der Waals surface area contributed by atoms with E-state index in [1.165, 1.54) is 112 Å². The zero-order valence-corrected chi connectivity index (χ0v) is 49.3. The van der Waals surface area contributed by atoms with Crippen molar-refractivity contribution in [3.8, 4) is 0 Å². The van der Waals surface area contributed by atoms with Crippen LogP contribution in [0.1, 0.15) is 169 Å². The van der Waals surface area contributed by atoms with Crippen LogP contribution in [0.3, 0.4) is 0 Å². The molecular weight excluding hydrogens is 926 g/mol. The zero-order chi connectivity index (χ0) is 53.7. The Morgan fingerprint density at radius 2 is 0.947 bits per heavy atom. The van der Waals surface area contributed by atoms with Crippen LogP contribution in [-0.2, 0) is 33.5 Å². The van der Waals surface area contributed by atoms with Crippen molar-refractivity contribution < 1.29 is 0 Å². The van der Waals surface area contributed by atoms with E-state index in [1.807, 2.05) is 11.3 Å². The number of benzene rings is 7. The molecule has 5 heteroatoms. The number of aryl methyl sites for hydroxylation is 2. The van der Waals surface area contributed by atoms with Gasteiger partial charge in [-0.25, -0.2) is 0 Å². The average Bonchev–Trinajstić information content (AvgIpc) is 3.72. The summed E-state index contributed by atoms with van der Waals surface area (Å²) in [6.07, 6.45) is 4.60. The number of rotatable bonds is 10. The van der Waals surface area contributed by atoms with Crippen molar-refractivity contribution in [2.75, 3.05) is 14.7 Å². The van der Waals surface area contributed by atoms with Crippen LogP contribution in [0.4, 0.5) is 51.2 Å². The Kier molecular flexibility index (Phi) is 13.2. The van der Waals surface area contributed by atoms with Crippen LogP contribution in [0.5, 0.6) is 0 Å². The Balaban J connectivity index is 1.27. The Labute approximate surface area is 456 Å². The van der Waals surface area contributed by atoms with E-state index in [0.717, 1.165) is 29.2 Å². The molecule has 75 heavy (non-hydrogen) atoms. The van der Waals surface area contributed by atoms with Crippen molar-refractivity contribution in [2.24, 2.45) is 0 Å². The van der Waals surface area contributed by atoms with E-state index in [4.69, 9.17) is 0 Å². The van der Waals surface area contributed by atoms with Gasteiger partial charge in [-0.2, -0.15) is 0 Å². The summed E-state index contributed by atoms with van der Waals surface area (Å²) >= 11 is 2.03. The lowest BCUT2D eigenvalue weighted by Gasteiger charge is -2.44. The third-order valence-corrected chi connectivity index (χ3v) is 17.7. The molecule has 0 aliphatic carbocycles. The molecule has 0 saturated heterocycles. The van der Waals surface area contributed by atoms with E-state index in [-0.39, 0.29) is 33.8 Å². The van der Waals surface area contributed by atoms with Crippen molar-refractivity contribution in [3.63, 3.8) is 0 Å². The number of hydrogen-bond donors (Lipinski definition) is 0. The van der Waals surface area contributed by atoms with Gasteiger partial charge in [0.25, 0.3) is 6.71 Å². The molecule has 0 N–H and O–H groups in total. The first kappa shape index (κ1) is 52.4. The average molecular weight is 1010 g/mol. The molecule has 0 atom stereocenters. The van der Waals surface area contributed by atoms with Crippen LogP contribution < -0.4 is 30.4 Å². The van der Waals surface area contributed by atoms with E-state index >= 15 is 0 Å². The lowest BCUT2D eigenvalue weighted by atomic mass is 9.36. The largest absolute Gasteiger partial charge is 0.311 e. The maximum absolute atomic E-state index is 2.65. The maximum Gasteiger partial charge on any atom is 0.264 e. The highest BCUT2D eigenvalue weighted by Crippen LogP contribution is 2.51. The van der Waals surface area contributed by atoms with Gasteiger partial charge in [0.15, 0.2) is 0 Å². The predicted molar refractivity (Wildman–Crippen MR) is 332 cm³/mol. The molecule has 0 spiro atoms. The summed E-state index contributed by atoms with van der Waals surface area (Å²) < 4.78 is 2.79. The highest BCUT2D eigenvalue weighted by Gasteiger charge is 2.46. The molecule has 0 bridgehead atoms. The fourth-order valence-corrected chi connectivity index (χ4v) is 13.3. The lowest BCUT2D eigenvalue weighted by Crippen LogP contribution is -2.60. The quantitative estimate of drug-likeness (QED) is 0.126. The van der Waals surface area contributed by atoms with Gasteiger partial charge < -0.3 is 14.7 Å². The van der Waals surface area contributed by atoms with Gasteiger partial charge in [0.05, 0.1) is 5.69 Å². The molecule has 8 aromatic rings. The summed E-state index contributed by atoms with van der Waals surface area (Å²) in [5.41, 5.74) is 23.3. The van der Waals surface area contributed by atoms with Crippen molar-refractivity contribution in [3.05, 3.63) is 178 Å². The van der Waals surface area contributed by atoms with Gasteiger partial charge in [-0.3, -0.25) is 0 Å². The van der Waals surface area contributed by atoms with Crippen molar-refractivity contribution in [1.82, 2.24) is 0 Å². The molecule has 3 nitrogen and oxygen atoms in total. The Morgan fingerprint density at radius 3 is 1.41 bits per heavy atom. The minimum Gasteiger partial charge on any atom is -0.311 e. The van der Waals surface area contributed by atoms with E-state index in [1.54, 1.807) is 0 Å². The third kappa shape index (κ3) is 9.55. The van der Waals surface area contributed by atoms with Crippen LogP contribution >= 0.6 is 11.3 Å². The van der Waals surface area contributed by atoms with Gasteiger partial charge in [-0.05, 0) is 182 Å². The van der Waals surface area contributed by atoms with Gasteiger partial charge in [0.2, 0.25) is 0 Å². The number of unbranched alkanes of at least 4 members (excludes halogenated alkanes) is 1. The number of anilines is 9. The zero-order valence-electron chi connectivity index (χ0n) is 48.4. The predicted octanol–water partition coefficient (Wildman–Crippen LogP) is 19.0. The molecule has 7 aromatic carbocycles. The van der Waals surface area contributed by atoms with Crippen molar-refractivity contribution in [2.45, 2.75) is 170 Å². The second-order valence-electron chi connectivity index (χ2n) is 26.7. The molecule has 2 aliphatic heterocycles. The highest BCUT2D eigenvalue weighted by atomic mass is 32.1. The molecule has 0 radical (unpaired) electrons. The van der Waals surface area contributed by atoms with Gasteiger partial charge in [0.1, 0.15) is 0 Å². The maximum atomic E-state index is 2.65. The van der Waals surface area contributed by atoms with Crippen molar-refractivity contribution in [1.29, 1.82) is 0 Å². The minimum atomic E-state index is 0.00876. The molecule has 0 unspecified atom stereocenters. The highest BCUT2D eigenvalue weighted by molar-refractivity contribution is 7.33. The van der Waals surface area contributed by atoms with E-state index in [9.17, 15) is 0 Å². The first-order valence-corrected chi connectivity index (χ1v) is 28.8. The molecular formula is C70H82BN3S. The van der Waals surface area contributed by atoms with E-state index in [0.29, 0.717) is 0 Å². The van der Waals surface area contributed by atoms with Crippen LogP contribution in [0, 0.1) is 6.92 Å². The normalized spacial score (nSPS) is 13.8. The molecule has 386 valence electrons. The minimum absolute atomic E-state index is 0.00876. The topological polar surface area (TPSA) is 9.72 Å². The second-order valence-corrected chi connectivity index (χ2v) is 27.8. The third-order valence-electron chi connectivity index (χ3n) is 16.5. The number of fused-ring (bicyclic) bond motifs is 6. The van der Waals surface area contributed by atoms with E-state index < -0.39 is 0 Å². The van der Waals surface area contributed by atoms with Gasteiger partial charge in [-0.15, -0.1) is 11.3 Å². The fraction of sp³-hybridized carbons (Fsp3) is 0.371. The smallest absolute Gasteiger partial charge is 0.264 e. The summed E-state index contributed by atoms with van der Waals surface area (Å²) in [7, 11) is 0. The molecule has 0 saturated carbocycles. The molecule has 1 aromatic heterocycles. The Morgan fingerprint density at radius 1 is 0.493 bits per heavy atom. The van der Waals surface area contributed by atoms with Crippen LogP contribution in [0.25, 0.3) is 10.1 Å². The molecule has 2 aliphatic rings. The summed E-state index contributed by atoms with van der Waals surface area (Å²) in [6.45, 7) is 39.6. The second kappa shape index (κ2) is 18.9. The van der Waals surface area contributed by atoms with Gasteiger partial charge in [-0.1, -0.05) is 178 Å². The van der Waals surface area contributed by atoms with Gasteiger partial charge in [0, 0.05) is 60.4 Å². The van der Waals surface area contributed by atoms with Crippen LogP contribution in [-0.4, -0.2) is 6.71 Å². The number of hydrogen-bond acceptors (Lipinski definition) is 4. The standard InChI is InChI=1S/C70H82BN3S/c1-18-20-39-70(16,17)57-44-62-56(42-46(57)19-2)64-65(75-62)71-58-38-37-55(72(51-29-21-47(22-30-51)66(4,5)6)52-31-23-48(24-32-52)67(7,8)9)43-59(58)73(53-33-25-49(26-34-53)68(10,11)12)60-40-45(3)41-61(63(60)71)74(64)54-35-27-50(28-36-54)69(13,14)15/h21-38,40-44H,18-20,39H2,1-17H3. The Hall–Kier alpha value is -6.04. The summed E-state index contributed by atoms with van der Waals surface area (Å²) in [4.78, 5) is 7.72. The number of nitrogens with zero attached hydrogens (tertiary/aromatic N) is 3. The van der Waals surface area contributed by atoms with Crippen LogP contribution in [0.15, 0.2) is 140 Å². The lowest BCUT2D eigenvalue weighted by molar-refractivity contribution is 0.455. The first-order valence-electron chi connectivity index (χ1n) is 28.0. The summed E-state index contributed by atoms with van der Waals surface area (Å²) in [5, 5.41) is 1.36. The fourth-order valence-electron chi connectivity index (χ4n) is 11.9. The van der Waals surface area contributed by atoms with Crippen LogP contribution in [0.2, 0.25) is 0 Å². The van der Waals surface area contributed by atoms with E-state index in [2.05, 4.69) is 272 Å². The first-order chi connectivity index (χ1) is 35.3. The molecule has 3 heterocycles. The summed E-state index contributed by atoms with van der Waals surface area (Å²) in [6, 6.07) is 55.0. The summed E-state index contributed by atoms with van der Waals surface area (Å²) in [5.74, 6) is 0. The molecule has 10 rings (SSSR count). The monoisotopic (exact) mass is 1010 g/mol. The van der Waals surface area contributed by atoms with Gasteiger partial charge >= 0.3 is 0 Å². The number of thiophene rings is 1. The van der Waals surface area contributed by atoms with Crippen molar-refractivity contribution >= 4 is 95.0 Å². The Bertz CT molecular complexity index is 3350. The molecule has 0 fully saturated rings. The molecule has 0 amide bonds.